The molecule has 0 fully saturated rings. The van der Waals surface area contributed by atoms with E-state index in [2.05, 4.69) is 9.97 Å². The first-order valence-electron chi connectivity index (χ1n) is 5.99. The number of H-pyrrole nitrogens is 1. The van der Waals surface area contributed by atoms with E-state index in [0.717, 1.165) is 6.07 Å². The number of nitrogens with zero attached hydrogens (tertiary/aromatic N) is 2. The molecule has 0 unspecified atom stereocenters. The highest BCUT2D eigenvalue weighted by atomic mass is 19.2. The van der Waals surface area contributed by atoms with Crippen molar-refractivity contribution >= 4 is 11.0 Å². The molecule has 0 spiro atoms. The van der Waals surface area contributed by atoms with Crippen LogP contribution in [0.15, 0.2) is 36.4 Å². The van der Waals surface area contributed by atoms with Gasteiger partial charge in [-0.05, 0) is 29.8 Å². The van der Waals surface area contributed by atoms with E-state index < -0.39 is 11.6 Å². The number of rotatable bonds is 2. The van der Waals surface area contributed by atoms with Crippen LogP contribution in [0.5, 0.6) is 0 Å². The Kier molecular flexibility index (Phi) is 2.92. The Labute approximate surface area is 113 Å². The lowest BCUT2D eigenvalue weighted by atomic mass is 10.1. The standard InChI is InChI=1S/C15H9F2N3/c16-11-3-1-2-10(15(11)17)7-14-19-12-5-4-9(8-18)6-13(12)20-14/h1-6H,7H2,(H,19,20). The minimum absolute atomic E-state index is 0.167. The molecule has 0 amide bonds. The number of imidazole rings is 1. The Morgan fingerprint density at radius 3 is 2.85 bits per heavy atom. The third-order valence-corrected chi connectivity index (χ3v) is 3.05. The van der Waals surface area contributed by atoms with Crippen molar-refractivity contribution < 1.29 is 8.78 Å². The highest BCUT2D eigenvalue weighted by Crippen LogP contribution is 2.18. The van der Waals surface area contributed by atoms with Crippen molar-refractivity contribution in [2.45, 2.75) is 6.42 Å². The van der Waals surface area contributed by atoms with Crippen LogP contribution < -0.4 is 0 Å². The second-order valence-electron chi connectivity index (χ2n) is 4.42. The smallest absolute Gasteiger partial charge is 0.162 e. The molecule has 1 N–H and O–H groups in total. The molecule has 1 aromatic heterocycles. The van der Waals surface area contributed by atoms with Gasteiger partial charge >= 0.3 is 0 Å². The van der Waals surface area contributed by atoms with Gasteiger partial charge in [-0.25, -0.2) is 13.8 Å². The third kappa shape index (κ3) is 2.12. The molecule has 1 heterocycles. The maximum Gasteiger partial charge on any atom is 0.162 e. The lowest BCUT2D eigenvalue weighted by molar-refractivity contribution is 0.500. The van der Waals surface area contributed by atoms with Crippen molar-refractivity contribution in [3.8, 4) is 6.07 Å². The zero-order chi connectivity index (χ0) is 14.1. The third-order valence-electron chi connectivity index (χ3n) is 3.05. The van der Waals surface area contributed by atoms with Crippen molar-refractivity contribution in [3.05, 3.63) is 65.0 Å². The van der Waals surface area contributed by atoms with Crippen molar-refractivity contribution in [2.75, 3.05) is 0 Å². The summed E-state index contributed by atoms with van der Waals surface area (Å²) < 4.78 is 26.7. The van der Waals surface area contributed by atoms with Crippen LogP contribution in [-0.4, -0.2) is 9.97 Å². The fraction of sp³-hybridized carbons (Fsp3) is 0.0667. The lowest BCUT2D eigenvalue weighted by Gasteiger charge is -2.01. The number of nitrogens with one attached hydrogen (secondary N) is 1. The molecule has 0 aliphatic carbocycles. The average Bonchev–Trinajstić information content (AvgIpc) is 2.85. The molecule has 0 saturated carbocycles. The van der Waals surface area contributed by atoms with E-state index in [1.807, 2.05) is 6.07 Å². The molecule has 0 radical (unpaired) electrons. The number of benzene rings is 2. The van der Waals surface area contributed by atoms with Gasteiger partial charge in [-0.3, -0.25) is 0 Å². The number of hydrogen-bond donors (Lipinski definition) is 1. The largest absolute Gasteiger partial charge is 0.342 e. The predicted molar refractivity (Wildman–Crippen MR) is 70.0 cm³/mol. The summed E-state index contributed by atoms with van der Waals surface area (Å²) in [7, 11) is 0. The first kappa shape index (κ1) is 12.3. The number of fused-ring (bicyclic) bond motifs is 1. The van der Waals surface area contributed by atoms with E-state index in [9.17, 15) is 8.78 Å². The molecule has 98 valence electrons. The van der Waals surface area contributed by atoms with Crippen LogP contribution in [0, 0.1) is 23.0 Å². The van der Waals surface area contributed by atoms with E-state index >= 15 is 0 Å². The number of nitriles is 1. The van der Waals surface area contributed by atoms with Gasteiger partial charge in [-0.2, -0.15) is 5.26 Å². The second-order valence-corrected chi connectivity index (χ2v) is 4.42. The molecule has 3 nitrogen and oxygen atoms in total. The summed E-state index contributed by atoms with van der Waals surface area (Å²) in [6.45, 7) is 0. The first-order chi connectivity index (χ1) is 9.67. The lowest BCUT2D eigenvalue weighted by Crippen LogP contribution is -1.97. The van der Waals surface area contributed by atoms with Crippen LogP contribution in [0.3, 0.4) is 0 Å². The molecule has 5 heteroatoms. The molecular weight excluding hydrogens is 260 g/mol. The van der Waals surface area contributed by atoms with Gasteiger partial charge in [0.2, 0.25) is 0 Å². The van der Waals surface area contributed by atoms with Gasteiger partial charge in [0.15, 0.2) is 11.6 Å². The zero-order valence-corrected chi connectivity index (χ0v) is 10.3. The molecule has 3 aromatic rings. The maximum atomic E-state index is 13.6. The normalized spacial score (nSPS) is 10.7. The van der Waals surface area contributed by atoms with E-state index in [0.29, 0.717) is 22.4 Å². The van der Waals surface area contributed by atoms with Crippen LogP contribution in [0.1, 0.15) is 17.0 Å². The molecule has 0 atom stereocenters. The van der Waals surface area contributed by atoms with Crippen molar-refractivity contribution in [3.63, 3.8) is 0 Å². The van der Waals surface area contributed by atoms with Gasteiger partial charge in [0, 0.05) is 6.42 Å². The fourth-order valence-corrected chi connectivity index (χ4v) is 2.08. The Morgan fingerprint density at radius 1 is 1.20 bits per heavy atom. The summed E-state index contributed by atoms with van der Waals surface area (Å²) in [5.74, 6) is -1.20. The van der Waals surface area contributed by atoms with Crippen molar-refractivity contribution in [2.24, 2.45) is 0 Å². The van der Waals surface area contributed by atoms with Crippen molar-refractivity contribution in [1.29, 1.82) is 5.26 Å². The van der Waals surface area contributed by atoms with Crippen LogP contribution in [0.2, 0.25) is 0 Å². The summed E-state index contributed by atoms with van der Waals surface area (Å²) in [4.78, 5) is 7.31. The van der Waals surface area contributed by atoms with Crippen LogP contribution in [-0.2, 0) is 6.42 Å². The Bertz CT molecular complexity index is 831. The van der Waals surface area contributed by atoms with E-state index in [4.69, 9.17) is 5.26 Å². The molecule has 0 bridgehead atoms. The summed E-state index contributed by atoms with van der Waals surface area (Å²) >= 11 is 0. The molecule has 2 aromatic carbocycles. The molecule has 20 heavy (non-hydrogen) atoms. The topological polar surface area (TPSA) is 52.5 Å². The molecular formula is C15H9F2N3. The Hall–Kier alpha value is -2.74. The molecule has 3 rings (SSSR count). The molecule has 0 saturated heterocycles. The summed E-state index contributed by atoms with van der Waals surface area (Å²) in [6.07, 6.45) is 0.167. The Balaban J connectivity index is 1.99. The van der Waals surface area contributed by atoms with Gasteiger partial charge in [-0.15, -0.1) is 0 Å². The summed E-state index contributed by atoms with van der Waals surface area (Å²) in [6, 6.07) is 11.2. The quantitative estimate of drug-likeness (QED) is 0.776. The van der Waals surface area contributed by atoms with Gasteiger partial charge in [0.05, 0.1) is 22.7 Å². The van der Waals surface area contributed by atoms with Gasteiger partial charge in [0.25, 0.3) is 0 Å². The monoisotopic (exact) mass is 269 g/mol. The Morgan fingerprint density at radius 2 is 2.05 bits per heavy atom. The number of halogens is 2. The van der Waals surface area contributed by atoms with E-state index in [1.165, 1.54) is 12.1 Å². The second kappa shape index (κ2) is 4.74. The van der Waals surface area contributed by atoms with Crippen LogP contribution in [0.25, 0.3) is 11.0 Å². The highest BCUT2D eigenvalue weighted by Gasteiger charge is 2.11. The van der Waals surface area contributed by atoms with Crippen LogP contribution in [0.4, 0.5) is 8.78 Å². The fourth-order valence-electron chi connectivity index (χ4n) is 2.08. The van der Waals surface area contributed by atoms with Gasteiger partial charge in [0.1, 0.15) is 5.82 Å². The maximum absolute atomic E-state index is 13.6. The van der Waals surface area contributed by atoms with Crippen LogP contribution >= 0.6 is 0 Å². The molecule has 0 aliphatic heterocycles. The number of aromatic amines is 1. The van der Waals surface area contributed by atoms with Gasteiger partial charge < -0.3 is 4.98 Å². The van der Waals surface area contributed by atoms with Gasteiger partial charge in [-0.1, -0.05) is 12.1 Å². The number of hydrogen-bond acceptors (Lipinski definition) is 2. The van der Waals surface area contributed by atoms with E-state index in [-0.39, 0.29) is 12.0 Å². The summed E-state index contributed by atoms with van der Waals surface area (Å²) in [5, 5.41) is 8.83. The minimum atomic E-state index is -0.870. The van der Waals surface area contributed by atoms with Crippen molar-refractivity contribution in [1.82, 2.24) is 9.97 Å². The first-order valence-corrected chi connectivity index (χ1v) is 5.99. The number of aromatic nitrogens is 2. The SMILES string of the molecule is N#Cc1ccc2nc(Cc3cccc(F)c3F)[nH]c2c1. The average molecular weight is 269 g/mol. The van der Waals surface area contributed by atoms with E-state index in [1.54, 1.807) is 18.2 Å². The highest BCUT2D eigenvalue weighted by molar-refractivity contribution is 5.76. The predicted octanol–water partition coefficient (Wildman–Crippen LogP) is 3.30. The minimum Gasteiger partial charge on any atom is -0.342 e. The zero-order valence-electron chi connectivity index (χ0n) is 10.3. The molecule has 0 aliphatic rings. The summed E-state index contributed by atoms with van der Waals surface area (Å²) in [5.41, 5.74) is 2.15.